The van der Waals surface area contributed by atoms with Crippen LogP contribution in [0, 0.1) is 5.41 Å². The van der Waals surface area contributed by atoms with Crippen LogP contribution in [0.4, 0.5) is 10.6 Å². The van der Waals surface area contributed by atoms with Gasteiger partial charge in [0.2, 0.25) is 5.78 Å². The lowest BCUT2D eigenvalue weighted by Crippen LogP contribution is -2.59. The normalized spacial score (nSPS) is 16.8. The van der Waals surface area contributed by atoms with Crippen molar-refractivity contribution >= 4 is 29.3 Å². The van der Waals surface area contributed by atoms with E-state index < -0.39 is 6.09 Å². The van der Waals surface area contributed by atoms with Crippen molar-refractivity contribution in [1.82, 2.24) is 19.3 Å². The molecule has 176 valence electrons. The smallest absolute Gasteiger partial charge is 0.407 e. The molecule has 10 heteroatoms. The van der Waals surface area contributed by atoms with E-state index in [4.69, 9.17) is 31.0 Å². The molecular formula is C23H28ClN5O4. The molecule has 1 unspecified atom stereocenters. The fourth-order valence-electron chi connectivity index (χ4n) is 4.19. The summed E-state index contributed by atoms with van der Waals surface area (Å²) >= 11 is 6.34. The van der Waals surface area contributed by atoms with E-state index in [-0.39, 0.29) is 11.5 Å². The summed E-state index contributed by atoms with van der Waals surface area (Å²) in [5, 5.41) is 10.1. The number of hydrogen-bond donors (Lipinski definition) is 1. The number of ether oxygens (including phenoxy) is 2. The highest BCUT2D eigenvalue weighted by molar-refractivity contribution is 6.32. The van der Waals surface area contributed by atoms with Gasteiger partial charge in [0.1, 0.15) is 17.3 Å². The van der Waals surface area contributed by atoms with E-state index in [9.17, 15) is 9.90 Å². The number of nitrogens with zero attached hydrogens (tertiary/aromatic N) is 5. The Morgan fingerprint density at radius 1 is 1.15 bits per heavy atom. The zero-order chi connectivity index (χ0) is 23.9. The summed E-state index contributed by atoms with van der Waals surface area (Å²) in [4.78, 5) is 24.8. The fourth-order valence-corrected chi connectivity index (χ4v) is 4.43. The Labute approximate surface area is 197 Å². The average Bonchev–Trinajstić information content (AvgIpc) is 3.21. The number of carboxylic acid groups (broad SMARTS) is 1. The lowest BCUT2D eigenvalue weighted by molar-refractivity contribution is 0.0747. The number of halogens is 1. The molecule has 1 atom stereocenters. The Hall–Kier alpha value is -3.20. The standard InChI is InChI=1S/C23H28ClN5O4/c1-23(2,3)19-13-27(8-9-29(19)22(30)31)20-6-7-28-12-16(25-21(28)26-20)14-10-15(24)18(33-5)11-17(14)32-4/h6-7,10-12,19H,8-9,13H2,1-5H3,(H,30,31). The highest BCUT2D eigenvalue weighted by Crippen LogP contribution is 2.38. The highest BCUT2D eigenvalue weighted by atomic mass is 35.5. The minimum Gasteiger partial charge on any atom is -0.496 e. The molecule has 4 rings (SSSR count). The van der Waals surface area contributed by atoms with Gasteiger partial charge in [0.05, 0.1) is 31.0 Å². The molecule has 0 saturated carbocycles. The van der Waals surface area contributed by atoms with Crippen LogP contribution in [0.3, 0.4) is 0 Å². The van der Waals surface area contributed by atoms with Crippen LogP contribution in [0.1, 0.15) is 20.8 Å². The summed E-state index contributed by atoms with van der Waals surface area (Å²) in [6.45, 7) is 7.73. The molecule has 0 radical (unpaired) electrons. The second-order valence-electron chi connectivity index (χ2n) is 9.11. The molecule has 0 aliphatic carbocycles. The average molecular weight is 474 g/mol. The van der Waals surface area contributed by atoms with Gasteiger partial charge in [-0.05, 0) is 17.5 Å². The maximum atomic E-state index is 11.7. The first-order valence-corrected chi connectivity index (χ1v) is 11.0. The Kier molecular flexibility index (Phi) is 6.00. The molecular weight excluding hydrogens is 446 g/mol. The molecule has 2 aromatic heterocycles. The third kappa shape index (κ3) is 4.37. The molecule has 0 spiro atoms. The van der Waals surface area contributed by atoms with Gasteiger partial charge in [-0.3, -0.25) is 4.40 Å². The molecule has 1 N–H and O–H groups in total. The van der Waals surface area contributed by atoms with E-state index in [1.54, 1.807) is 26.4 Å². The van der Waals surface area contributed by atoms with Crippen LogP contribution in [0.25, 0.3) is 17.0 Å². The van der Waals surface area contributed by atoms with Crippen LogP contribution in [-0.4, -0.2) is 70.4 Å². The molecule has 1 aromatic carbocycles. The number of benzene rings is 1. The molecule has 3 aromatic rings. The second-order valence-corrected chi connectivity index (χ2v) is 9.52. The van der Waals surface area contributed by atoms with Gasteiger partial charge < -0.3 is 24.4 Å². The van der Waals surface area contributed by atoms with E-state index in [0.717, 1.165) is 11.4 Å². The maximum Gasteiger partial charge on any atom is 0.407 e. The number of rotatable bonds is 4. The fraction of sp³-hybridized carbons (Fsp3) is 0.435. The molecule has 0 bridgehead atoms. The molecule has 33 heavy (non-hydrogen) atoms. The Morgan fingerprint density at radius 2 is 1.88 bits per heavy atom. The number of methoxy groups -OCH3 is 2. The van der Waals surface area contributed by atoms with Gasteiger partial charge in [0.25, 0.3) is 0 Å². The summed E-state index contributed by atoms with van der Waals surface area (Å²) in [5.74, 6) is 2.41. The summed E-state index contributed by atoms with van der Waals surface area (Å²) in [6, 6.07) is 5.27. The third-order valence-corrected chi connectivity index (χ3v) is 6.31. The largest absolute Gasteiger partial charge is 0.496 e. The summed E-state index contributed by atoms with van der Waals surface area (Å²) in [7, 11) is 3.14. The molecule has 1 saturated heterocycles. The SMILES string of the molecule is COc1cc(OC)c(-c2cn3ccc(N4CCN(C(=O)O)C(C(C)(C)C)C4)nc3n2)cc1Cl. The number of imidazole rings is 1. The zero-order valence-electron chi connectivity index (χ0n) is 19.4. The number of amides is 1. The summed E-state index contributed by atoms with van der Waals surface area (Å²) in [5.41, 5.74) is 1.20. The minimum atomic E-state index is -0.886. The number of anilines is 1. The van der Waals surface area contributed by atoms with Crippen molar-refractivity contribution in [2.45, 2.75) is 26.8 Å². The van der Waals surface area contributed by atoms with Crippen LogP contribution < -0.4 is 14.4 Å². The quantitative estimate of drug-likeness (QED) is 0.604. The van der Waals surface area contributed by atoms with E-state index in [2.05, 4.69) is 25.7 Å². The first kappa shape index (κ1) is 23.0. The third-order valence-electron chi connectivity index (χ3n) is 6.01. The zero-order valence-corrected chi connectivity index (χ0v) is 20.1. The molecule has 1 aliphatic heterocycles. The van der Waals surface area contributed by atoms with Crippen molar-refractivity contribution in [2.75, 3.05) is 38.8 Å². The lowest BCUT2D eigenvalue weighted by Gasteiger charge is -2.46. The van der Waals surface area contributed by atoms with Gasteiger partial charge in [-0.25, -0.2) is 9.78 Å². The first-order chi connectivity index (χ1) is 15.6. The van der Waals surface area contributed by atoms with Gasteiger partial charge >= 0.3 is 6.09 Å². The van der Waals surface area contributed by atoms with Crippen molar-refractivity contribution in [3.8, 4) is 22.8 Å². The van der Waals surface area contributed by atoms with Gasteiger partial charge in [-0.15, -0.1) is 0 Å². The summed E-state index contributed by atoms with van der Waals surface area (Å²) in [6.07, 6.45) is 2.89. The minimum absolute atomic E-state index is 0.150. The second kappa shape index (κ2) is 8.62. The van der Waals surface area contributed by atoms with E-state index >= 15 is 0 Å². The van der Waals surface area contributed by atoms with Gasteiger partial charge in [-0.1, -0.05) is 32.4 Å². The van der Waals surface area contributed by atoms with Crippen molar-refractivity contribution in [2.24, 2.45) is 5.41 Å². The van der Waals surface area contributed by atoms with Gasteiger partial charge in [0, 0.05) is 43.7 Å². The molecule has 1 fully saturated rings. The number of carbonyl (C=O) groups is 1. The molecule has 9 nitrogen and oxygen atoms in total. The predicted molar refractivity (Wildman–Crippen MR) is 127 cm³/mol. The van der Waals surface area contributed by atoms with Crippen LogP contribution >= 0.6 is 11.6 Å². The number of hydrogen-bond acceptors (Lipinski definition) is 6. The lowest BCUT2D eigenvalue weighted by atomic mass is 9.84. The topological polar surface area (TPSA) is 92.4 Å². The van der Waals surface area contributed by atoms with E-state index in [0.29, 0.717) is 47.6 Å². The monoisotopic (exact) mass is 473 g/mol. The van der Waals surface area contributed by atoms with Crippen molar-refractivity contribution in [3.63, 3.8) is 0 Å². The Morgan fingerprint density at radius 3 is 2.52 bits per heavy atom. The van der Waals surface area contributed by atoms with Crippen LogP contribution in [0.15, 0.2) is 30.6 Å². The Bertz CT molecular complexity index is 1190. The van der Waals surface area contributed by atoms with Crippen LogP contribution in [0.2, 0.25) is 5.02 Å². The van der Waals surface area contributed by atoms with E-state index in [1.807, 2.05) is 22.9 Å². The first-order valence-electron chi connectivity index (χ1n) is 10.6. The Balaban J connectivity index is 1.67. The molecule has 1 aliphatic rings. The summed E-state index contributed by atoms with van der Waals surface area (Å²) < 4.78 is 12.6. The van der Waals surface area contributed by atoms with Crippen molar-refractivity contribution < 1.29 is 19.4 Å². The molecule has 3 heterocycles. The molecule has 1 amide bonds. The van der Waals surface area contributed by atoms with Crippen molar-refractivity contribution in [1.29, 1.82) is 0 Å². The maximum absolute atomic E-state index is 11.7. The number of piperazine rings is 1. The van der Waals surface area contributed by atoms with Gasteiger partial charge in [0.15, 0.2) is 0 Å². The highest BCUT2D eigenvalue weighted by Gasteiger charge is 2.38. The van der Waals surface area contributed by atoms with Crippen LogP contribution in [0.5, 0.6) is 11.5 Å². The van der Waals surface area contributed by atoms with Crippen LogP contribution in [-0.2, 0) is 0 Å². The predicted octanol–water partition coefficient (Wildman–Crippen LogP) is 4.28. The number of fused-ring (bicyclic) bond motifs is 1. The van der Waals surface area contributed by atoms with Crippen molar-refractivity contribution in [3.05, 3.63) is 35.6 Å². The van der Waals surface area contributed by atoms with Gasteiger partial charge in [-0.2, -0.15) is 4.98 Å². The number of aromatic nitrogens is 3. The van der Waals surface area contributed by atoms with E-state index in [1.165, 1.54) is 4.90 Å².